The Hall–Kier alpha value is -9.42. The molecule has 8 aromatic carbocycles. The second-order valence-electron chi connectivity index (χ2n) is 24.8. The minimum absolute atomic E-state index is 0.225. The molecule has 10 rings (SSSR count). The maximum Gasteiger partial charge on any atom is 0.343 e. The summed E-state index contributed by atoms with van der Waals surface area (Å²) in [6.45, 7) is 8.73. The first kappa shape index (κ1) is 67.5. The molecule has 0 N–H and O–H groups in total. The van der Waals surface area contributed by atoms with Gasteiger partial charge in [0.1, 0.15) is 23.0 Å². The van der Waals surface area contributed by atoms with E-state index in [4.69, 9.17) is 28.4 Å². The lowest BCUT2D eigenvalue weighted by Gasteiger charge is -2.18. The number of rotatable bonds is 33. The molecule has 0 heterocycles. The van der Waals surface area contributed by atoms with Gasteiger partial charge in [0.15, 0.2) is 12.2 Å². The molecule has 0 unspecified atom stereocenters. The van der Waals surface area contributed by atoms with Gasteiger partial charge in [0.2, 0.25) is 0 Å². The van der Waals surface area contributed by atoms with Crippen molar-refractivity contribution in [2.75, 3.05) is 0 Å². The quantitative estimate of drug-likeness (QED) is 0.0218. The summed E-state index contributed by atoms with van der Waals surface area (Å²) in [4.78, 5) is 83.2. The molecule has 2 aliphatic rings. The Morgan fingerprint density at radius 2 is 0.500 bits per heavy atom. The fourth-order valence-corrected chi connectivity index (χ4v) is 12.4. The lowest BCUT2D eigenvalue weighted by molar-refractivity contribution is -0.154. The molecular formula is C82H86O12. The number of carbonyl (C=O) groups excluding carboxylic acids is 6. The van der Waals surface area contributed by atoms with Crippen LogP contribution in [0.3, 0.4) is 0 Å². The molecule has 94 heavy (non-hydrogen) atoms. The van der Waals surface area contributed by atoms with E-state index in [0.29, 0.717) is 66.8 Å². The third-order valence-electron chi connectivity index (χ3n) is 17.7. The van der Waals surface area contributed by atoms with Crippen molar-refractivity contribution in [2.45, 2.75) is 181 Å². The van der Waals surface area contributed by atoms with Gasteiger partial charge in [-0.1, -0.05) is 178 Å². The molecule has 12 heteroatoms. The molecule has 0 saturated heterocycles. The number of fused-ring (bicyclic) bond motifs is 6. The Morgan fingerprint density at radius 1 is 0.277 bits per heavy atom. The third-order valence-corrected chi connectivity index (χ3v) is 17.7. The van der Waals surface area contributed by atoms with E-state index < -0.39 is 60.9 Å². The molecule has 0 saturated carbocycles. The van der Waals surface area contributed by atoms with Crippen molar-refractivity contribution >= 4 is 35.8 Å². The van der Waals surface area contributed by atoms with Gasteiger partial charge in [-0.3, -0.25) is 9.59 Å². The highest BCUT2D eigenvalue weighted by atomic mass is 16.6. The molecule has 0 spiro atoms. The number of unbranched alkanes of at least 4 members (excludes halogenated alkanes) is 12. The normalized spacial score (nSPS) is 12.1. The number of esters is 6. The minimum Gasteiger partial charge on any atom is -0.452 e. The molecule has 0 amide bonds. The van der Waals surface area contributed by atoms with Crippen LogP contribution >= 0.6 is 0 Å². The standard InChI is InChI=1S/C82H86O12/c1-5-9-13-17-21-55-25-33-59(34-26-55)79(85)89-63-41-45-67-68-46-42-64(90-80(86)60-35-27-56(28-36-60)22-18-14-10-6-2)52-72(68)77(71(67)51-63)93-75(83)49-50-76(84)94-78-73-53-65(91-81(87)61-37-29-57(30-38-61)23-19-15-11-7-3)43-47-69(73)70-48-44-66(54-74(70)78)92-82(88)62-39-31-58(32-40-62)24-20-16-12-8-4/h25-48,51-54,77-78H,5-24,49-50H2,1-4H3. The zero-order chi connectivity index (χ0) is 65.8. The second-order valence-corrected chi connectivity index (χ2v) is 24.8. The highest BCUT2D eigenvalue weighted by Crippen LogP contribution is 2.50. The average molecular weight is 1260 g/mol. The maximum absolute atomic E-state index is 14.3. The number of hydrogen-bond acceptors (Lipinski definition) is 12. The predicted molar refractivity (Wildman–Crippen MR) is 366 cm³/mol. The minimum atomic E-state index is -1.07. The van der Waals surface area contributed by atoms with Crippen LogP contribution in [-0.2, 0) is 44.7 Å². The van der Waals surface area contributed by atoms with Crippen molar-refractivity contribution in [3.63, 3.8) is 0 Å². The van der Waals surface area contributed by atoms with Crippen LogP contribution in [0, 0.1) is 0 Å². The zero-order valence-corrected chi connectivity index (χ0v) is 54.8. The first-order valence-corrected chi connectivity index (χ1v) is 34.1. The Morgan fingerprint density at radius 3 is 0.713 bits per heavy atom. The van der Waals surface area contributed by atoms with E-state index >= 15 is 0 Å². The first-order valence-electron chi connectivity index (χ1n) is 34.1. The van der Waals surface area contributed by atoms with E-state index in [1.54, 1.807) is 121 Å². The molecule has 0 atom stereocenters. The molecule has 0 aliphatic heterocycles. The summed E-state index contributed by atoms with van der Waals surface area (Å²) in [6.07, 6.45) is 19.0. The van der Waals surface area contributed by atoms with E-state index in [2.05, 4.69) is 27.7 Å². The molecule has 0 aromatic heterocycles. The second kappa shape index (κ2) is 33.4. The van der Waals surface area contributed by atoms with Gasteiger partial charge in [0.25, 0.3) is 0 Å². The predicted octanol–water partition coefficient (Wildman–Crippen LogP) is 19.8. The topological polar surface area (TPSA) is 158 Å². The van der Waals surface area contributed by atoms with Crippen LogP contribution in [-0.4, -0.2) is 35.8 Å². The van der Waals surface area contributed by atoms with E-state index in [0.717, 1.165) is 125 Å². The molecular weight excluding hydrogens is 1180 g/mol. The number of carbonyl (C=O) groups is 6. The summed E-state index contributed by atoms with van der Waals surface area (Å²) < 4.78 is 36.5. The van der Waals surface area contributed by atoms with Gasteiger partial charge in [0, 0.05) is 22.3 Å². The summed E-state index contributed by atoms with van der Waals surface area (Å²) in [5.41, 5.74) is 11.0. The van der Waals surface area contributed by atoms with E-state index in [-0.39, 0.29) is 23.0 Å². The van der Waals surface area contributed by atoms with Crippen LogP contribution < -0.4 is 18.9 Å². The highest BCUT2D eigenvalue weighted by molar-refractivity contribution is 5.94. The Kier molecular flexibility index (Phi) is 24.0. The molecule has 0 radical (unpaired) electrons. The first-order chi connectivity index (χ1) is 45.9. The summed E-state index contributed by atoms with van der Waals surface area (Å²) in [5, 5.41) is 0. The largest absolute Gasteiger partial charge is 0.452 e. The van der Waals surface area contributed by atoms with Crippen LogP contribution in [0.5, 0.6) is 23.0 Å². The molecule has 8 aromatic rings. The number of hydrogen-bond donors (Lipinski definition) is 0. The van der Waals surface area contributed by atoms with Crippen molar-refractivity contribution in [3.05, 3.63) is 237 Å². The van der Waals surface area contributed by atoms with Crippen LogP contribution in [0.2, 0.25) is 0 Å². The van der Waals surface area contributed by atoms with Crippen LogP contribution in [0.4, 0.5) is 0 Å². The van der Waals surface area contributed by atoms with Crippen LogP contribution in [0.1, 0.15) is 241 Å². The van der Waals surface area contributed by atoms with Crippen molar-refractivity contribution in [3.8, 4) is 45.3 Å². The van der Waals surface area contributed by atoms with Gasteiger partial charge in [0.05, 0.1) is 35.1 Å². The molecule has 12 nitrogen and oxygen atoms in total. The average Bonchev–Trinajstić information content (AvgIpc) is 1.61. The van der Waals surface area contributed by atoms with Crippen LogP contribution in [0.25, 0.3) is 22.3 Å². The van der Waals surface area contributed by atoms with Gasteiger partial charge in [-0.2, -0.15) is 0 Å². The van der Waals surface area contributed by atoms with Crippen molar-refractivity contribution in [1.82, 2.24) is 0 Å². The summed E-state index contributed by atoms with van der Waals surface area (Å²) in [7, 11) is 0. The monoisotopic (exact) mass is 1260 g/mol. The summed E-state index contributed by atoms with van der Waals surface area (Å²) >= 11 is 0. The van der Waals surface area contributed by atoms with Crippen LogP contribution in [0.15, 0.2) is 170 Å². The van der Waals surface area contributed by atoms with E-state index in [9.17, 15) is 28.8 Å². The van der Waals surface area contributed by atoms with Crippen molar-refractivity contribution in [2.24, 2.45) is 0 Å². The number of aryl methyl sites for hydroxylation is 4. The Balaban J connectivity index is 0.867. The maximum atomic E-state index is 14.3. The smallest absolute Gasteiger partial charge is 0.343 e. The van der Waals surface area contributed by atoms with Crippen molar-refractivity contribution < 1.29 is 57.2 Å². The Bertz CT molecular complexity index is 3420. The summed E-state index contributed by atoms with van der Waals surface area (Å²) in [5.74, 6) is -2.78. The lowest BCUT2D eigenvalue weighted by atomic mass is 10.0. The highest BCUT2D eigenvalue weighted by Gasteiger charge is 2.36. The van der Waals surface area contributed by atoms with Crippen molar-refractivity contribution in [1.29, 1.82) is 0 Å². The van der Waals surface area contributed by atoms with Gasteiger partial charge >= 0.3 is 35.8 Å². The number of ether oxygens (including phenoxy) is 6. The SMILES string of the molecule is CCCCCCc1ccc(C(=O)Oc2ccc3c(c2)C(OC(=O)CCC(=O)OC2c4cc(OC(=O)c5ccc(CCCCCC)cc5)ccc4-c4ccc(OC(=O)c5ccc(CCCCCC)cc5)cc42)c2cc(OC(=O)c4ccc(CCCCCC)cc4)ccc2-3)cc1. The third kappa shape index (κ3) is 17.8. The van der Waals surface area contributed by atoms with Gasteiger partial charge in [-0.15, -0.1) is 0 Å². The summed E-state index contributed by atoms with van der Waals surface area (Å²) in [6, 6.07) is 50.3. The fraction of sp³-hybridized carbons (Fsp3) is 0.341. The molecule has 486 valence electrons. The number of benzene rings is 8. The molecule has 0 bridgehead atoms. The van der Waals surface area contributed by atoms with E-state index in [1.165, 1.54) is 25.7 Å². The molecule has 0 fully saturated rings. The lowest BCUT2D eigenvalue weighted by Crippen LogP contribution is -2.16. The van der Waals surface area contributed by atoms with Gasteiger partial charge in [-0.25, -0.2) is 19.2 Å². The fourth-order valence-electron chi connectivity index (χ4n) is 12.4. The zero-order valence-electron chi connectivity index (χ0n) is 54.8. The van der Waals surface area contributed by atoms with Gasteiger partial charge in [-0.05, 0) is 193 Å². The van der Waals surface area contributed by atoms with Gasteiger partial charge < -0.3 is 28.4 Å². The van der Waals surface area contributed by atoms with E-state index in [1.807, 2.05) is 48.5 Å². The Labute approximate surface area is 553 Å². The molecule has 2 aliphatic carbocycles.